The molecule has 0 aliphatic heterocycles. The molecule has 0 amide bonds. The van der Waals surface area contributed by atoms with Gasteiger partial charge in [0, 0.05) is 5.88 Å². The molecule has 0 atom stereocenters. The Morgan fingerprint density at radius 2 is 0.385 bits per heavy atom. The van der Waals surface area contributed by atoms with Crippen LogP contribution in [-0.2, 0) is 0 Å². The van der Waals surface area contributed by atoms with E-state index >= 15 is 0 Å². The molecular formula is C34H68Cl4Si. The van der Waals surface area contributed by atoms with Crippen LogP contribution in [0.1, 0.15) is 205 Å². The second-order valence-corrected chi connectivity index (χ2v) is 22.0. The van der Waals surface area contributed by atoms with Crippen LogP contribution in [0, 0.1) is 0 Å². The minimum Gasteiger partial charge on any atom is -0.127 e. The lowest BCUT2D eigenvalue weighted by Crippen LogP contribution is -2.07. The molecule has 0 nitrogen and oxygen atoms in total. The number of rotatable bonds is 34. The van der Waals surface area contributed by atoms with Crippen molar-refractivity contribution in [2.24, 2.45) is 0 Å². The fraction of sp³-hybridized carbons (Fsp3) is 1.00. The van der Waals surface area contributed by atoms with Crippen molar-refractivity contribution in [1.29, 1.82) is 0 Å². The summed E-state index contributed by atoms with van der Waals surface area (Å²) in [5, 5.41) is 0. The average Bonchev–Trinajstić information content (AvgIpc) is 2.90. The molecule has 0 aromatic rings. The summed E-state index contributed by atoms with van der Waals surface area (Å²) in [6.45, 7) is 0. The Bertz CT molecular complexity index is 441. The molecule has 0 unspecified atom stereocenters. The van der Waals surface area contributed by atoms with E-state index in [1.807, 2.05) is 0 Å². The maximum Gasteiger partial charge on any atom is 0.341 e. The van der Waals surface area contributed by atoms with Gasteiger partial charge in [-0.1, -0.05) is 199 Å². The first-order chi connectivity index (χ1) is 19.1. The van der Waals surface area contributed by atoms with Crippen LogP contribution < -0.4 is 0 Å². The van der Waals surface area contributed by atoms with E-state index in [1.165, 1.54) is 199 Å². The summed E-state index contributed by atoms with van der Waals surface area (Å²) in [6.07, 6.45) is 45.3. The summed E-state index contributed by atoms with van der Waals surface area (Å²) in [6, 6.07) is -1.54. The van der Waals surface area contributed by atoms with Gasteiger partial charge in [0.25, 0.3) is 0 Å². The van der Waals surface area contributed by atoms with Gasteiger partial charge in [-0.05, 0) is 12.5 Å². The van der Waals surface area contributed by atoms with Gasteiger partial charge < -0.3 is 0 Å². The quantitative estimate of drug-likeness (QED) is 0.0282. The Labute approximate surface area is 266 Å². The smallest absolute Gasteiger partial charge is 0.127 e. The first-order valence-corrected chi connectivity index (χ1v) is 23.5. The van der Waals surface area contributed by atoms with Gasteiger partial charge in [0.2, 0.25) is 0 Å². The zero-order valence-corrected chi connectivity index (χ0v) is 30.1. The third-order valence-corrected chi connectivity index (χ3v) is 11.2. The Hall–Kier alpha value is 1.38. The molecule has 0 aromatic carbocycles. The largest absolute Gasteiger partial charge is 0.341 e. The number of hydrogen-bond donors (Lipinski definition) is 0. The number of hydrogen-bond acceptors (Lipinski definition) is 0. The Kier molecular flexibility index (Phi) is 35.1. The summed E-state index contributed by atoms with van der Waals surface area (Å²) in [5.74, 6) is 0.842. The third-order valence-electron chi connectivity index (χ3n) is 8.34. The summed E-state index contributed by atoms with van der Waals surface area (Å²) < 4.78 is 0. The van der Waals surface area contributed by atoms with Crippen LogP contribution in [0.15, 0.2) is 0 Å². The molecule has 39 heavy (non-hydrogen) atoms. The van der Waals surface area contributed by atoms with Crippen molar-refractivity contribution < 1.29 is 0 Å². The molecule has 0 radical (unpaired) electrons. The zero-order valence-electron chi connectivity index (χ0n) is 26.1. The Morgan fingerprint density at radius 3 is 0.538 bits per heavy atom. The normalized spacial score (nSPS) is 12.0. The van der Waals surface area contributed by atoms with E-state index in [9.17, 15) is 0 Å². The maximum atomic E-state index is 5.92. The molecule has 0 fully saturated rings. The van der Waals surface area contributed by atoms with E-state index in [4.69, 9.17) is 44.8 Å². The van der Waals surface area contributed by atoms with E-state index in [1.54, 1.807) is 0 Å². The number of alkyl halides is 1. The summed E-state index contributed by atoms with van der Waals surface area (Å²) in [4.78, 5) is 0. The van der Waals surface area contributed by atoms with Crippen LogP contribution >= 0.6 is 44.8 Å². The molecule has 0 aliphatic rings. The van der Waals surface area contributed by atoms with Gasteiger partial charge in [0.15, 0.2) is 0 Å². The van der Waals surface area contributed by atoms with Gasteiger partial charge in [-0.25, -0.2) is 0 Å². The van der Waals surface area contributed by atoms with E-state index in [0.717, 1.165) is 18.3 Å². The monoisotopic (exact) mass is 644 g/mol. The molecule has 0 rings (SSSR count). The minimum absolute atomic E-state index is 0.829. The molecule has 0 saturated heterocycles. The van der Waals surface area contributed by atoms with Gasteiger partial charge in [-0.2, -0.15) is 0 Å². The van der Waals surface area contributed by atoms with Crippen LogP contribution in [-0.4, -0.2) is 11.9 Å². The van der Waals surface area contributed by atoms with Crippen molar-refractivity contribution in [3.05, 3.63) is 0 Å². The molecule has 0 aromatic heterocycles. The van der Waals surface area contributed by atoms with Gasteiger partial charge in [0.05, 0.1) is 0 Å². The average molecular weight is 647 g/mol. The van der Waals surface area contributed by atoms with E-state index in [0.29, 0.717) is 0 Å². The standard InChI is InChI=1S/C34H68Cl4Si/c35-33-31-29-27-25-23-21-19-17-15-13-11-9-7-5-3-1-2-4-6-8-10-12-14-16-18-20-22-24-26-28-30-32-34-39(36,37)38/h1-34H2. The first-order valence-electron chi connectivity index (χ1n) is 17.7. The highest BCUT2D eigenvalue weighted by Gasteiger charge is 2.23. The van der Waals surface area contributed by atoms with Crippen LogP contribution in [0.5, 0.6) is 0 Å². The van der Waals surface area contributed by atoms with Crippen molar-refractivity contribution in [1.82, 2.24) is 0 Å². The van der Waals surface area contributed by atoms with Crippen LogP contribution in [0.4, 0.5) is 0 Å². The molecule has 0 N–H and O–H groups in total. The zero-order chi connectivity index (χ0) is 28.5. The Morgan fingerprint density at radius 1 is 0.231 bits per heavy atom. The fourth-order valence-electron chi connectivity index (χ4n) is 5.72. The van der Waals surface area contributed by atoms with Crippen molar-refractivity contribution >= 4 is 50.8 Å². The molecule has 0 spiro atoms. The molecular weight excluding hydrogens is 578 g/mol. The maximum absolute atomic E-state index is 5.92. The van der Waals surface area contributed by atoms with Crippen molar-refractivity contribution in [2.45, 2.75) is 212 Å². The molecule has 0 saturated carbocycles. The van der Waals surface area contributed by atoms with Crippen molar-refractivity contribution in [3.8, 4) is 0 Å². The fourth-order valence-corrected chi connectivity index (χ4v) is 7.77. The number of halogens is 4. The van der Waals surface area contributed by atoms with Crippen molar-refractivity contribution in [3.63, 3.8) is 0 Å². The molecule has 0 heterocycles. The van der Waals surface area contributed by atoms with Crippen molar-refractivity contribution in [2.75, 3.05) is 5.88 Å². The molecule has 5 heteroatoms. The highest BCUT2D eigenvalue weighted by Crippen LogP contribution is 2.27. The Balaban J connectivity index is 3.04. The second-order valence-electron chi connectivity index (χ2n) is 12.4. The highest BCUT2D eigenvalue weighted by molar-refractivity contribution is 7.64. The molecule has 236 valence electrons. The summed E-state index contributed by atoms with van der Waals surface area (Å²) >= 11 is 23.5. The van der Waals surface area contributed by atoms with Gasteiger partial charge >= 0.3 is 6.00 Å². The SMILES string of the molecule is ClCCCCCCCCCCCCCCCCCCCCCCCCCCCCCCCCCC[Si](Cl)(Cl)Cl. The summed E-state index contributed by atoms with van der Waals surface area (Å²) in [7, 11) is 0. The number of unbranched alkanes of at least 4 members (excludes halogenated alkanes) is 31. The topological polar surface area (TPSA) is 0 Å². The lowest BCUT2D eigenvalue weighted by Gasteiger charge is -2.07. The van der Waals surface area contributed by atoms with E-state index < -0.39 is 6.00 Å². The van der Waals surface area contributed by atoms with E-state index in [2.05, 4.69) is 0 Å². The van der Waals surface area contributed by atoms with Gasteiger partial charge in [-0.15, -0.1) is 44.8 Å². The predicted octanol–water partition coefficient (Wildman–Crippen LogP) is 15.4. The van der Waals surface area contributed by atoms with Crippen LogP contribution in [0.25, 0.3) is 0 Å². The van der Waals surface area contributed by atoms with E-state index in [-0.39, 0.29) is 0 Å². The molecule has 0 bridgehead atoms. The van der Waals surface area contributed by atoms with Gasteiger partial charge in [-0.3, -0.25) is 0 Å². The van der Waals surface area contributed by atoms with Crippen LogP contribution in [0.3, 0.4) is 0 Å². The lowest BCUT2D eigenvalue weighted by atomic mass is 10.0. The van der Waals surface area contributed by atoms with Gasteiger partial charge in [0.1, 0.15) is 0 Å². The third kappa shape index (κ3) is 39.4. The minimum atomic E-state index is -2.37. The lowest BCUT2D eigenvalue weighted by molar-refractivity contribution is 0.512. The first kappa shape index (κ1) is 40.4. The molecule has 0 aliphatic carbocycles. The second kappa shape index (κ2) is 33.9. The predicted molar refractivity (Wildman–Crippen MR) is 187 cm³/mol. The van der Waals surface area contributed by atoms with Crippen LogP contribution in [0.2, 0.25) is 6.04 Å². The summed E-state index contributed by atoms with van der Waals surface area (Å²) in [5.41, 5.74) is 0. The highest BCUT2D eigenvalue weighted by atomic mass is 35.8.